The first kappa shape index (κ1) is 14.2. The number of pyridine rings is 1. The fraction of sp³-hybridized carbons (Fsp3) is 0.389. The lowest BCUT2D eigenvalue weighted by molar-refractivity contribution is 0.0565. The normalized spacial score (nSPS) is 18.5. The van der Waals surface area contributed by atoms with Gasteiger partial charge in [0, 0.05) is 18.9 Å². The fourth-order valence-corrected chi connectivity index (χ4v) is 3.09. The van der Waals surface area contributed by atoms with E-state index in [9.17, 15) is 5.11 Å². The van der Waals surface area contributed by atoms with Crippen LogP contribution in [-0.2, 0) is 6.54 Å². The second kappa shape index (κ2) is 6.83. The molecule has 2 heterocycles. The molecule has 0 saturated carbocycles. The zero-order valence-electron chi connectivity index (χ0n) is 12.2. The van der Waals surface area contributed by atoms with Gasteiger partial charge in [0.05, 0.1) is 6.10 Å². The Kier molecular flexibility index (Phi) is 4.63. The number of hydrogen-bond donors (Lipinski definition) is 1. The lowest BCUT2D eigenvalue weighted by Gasteiger charge is -2.34. The lowest BCUT2D eigenvalue weighted by atomic mass is 9.88. The van der Waals surface area contributed by atoms with E-state index in [1.54, 1.807) is 12.4 Å². The maximum atomic E-state index is 10.5. The Morgan fingerprint density at radius 3 is 2.52 bits per heavy atom. The second-order valence-corrected chi connectivity index (χ2v) is 5.83. The summed E-state index contributed by atoms with van der Waals surface area (Å²) in [7, 11) is 0. The number of likely N-dealkylation sites (tertiary alicyclic amines) is 1. The summed E-state index contributed by atoms with van der Waals surface area (Å²) in [6.45, 7) is 3.12. The van der Waals surface area contributed by atoms with Crippen molar-refractivity contribution in [2.45, 2.75) is 25.5 Å². The van der Waals surface area contributed by atoms with Crippen molar-refractivity contribution in [1.29, 1.82) is 0 Å². The fourth-order valence-electron chi connectivity index (χ4n) is 3.09. The van der Waals surface area contributed by atoms with Crippen LogP contribution in [0, 0.1) is 5.92 Å². The quantitative estimate of drug-likeness (QED) is 0.936. The third kappa shape index (κ3) is 3.69. The Morgan fingerprint density at radius 1 is 1.10 bits per heavy atom. The number of piperidine rings is 1. The molecular weight excluding hydrogens is 260 g/mol. The lowest BCUT2D eigenvalue weighted by Crippen LogP contribution is -2.35. The van der Waals surface area contributed by atoms with Gasteiger partial charge < -0.3 is 5.11 Å². The summed E-state index contributed by atoms with van der Waals surface area (Å²) in [6, 6.07) is 14.5. The van der Waals surface area contributed by atoms with E-state index in [0.29, 0.717) is 5.92 Å². The Hall–Kier alpha value is -1.71. The average molecular weight is 282 g/mol. The van der Waals surface area contributed by atoms with Gasteiger partial charge in [0.1, 0.15) is 0 Å². The maximum Gasteiger partial charge on any atom is 0.0833 e. The van der Waals surface area contributed by atoms with Crippen molar-refractivity contribution in [1.82, 2.24) is 9.88 Å². The Labute approximate surface area is 126 Å². The van der Waals surface area contributed by atoms with Crippen molar-refractivity contribution >= 4 is 0 Å². The number of aromatic nitrogens is 1. The summed E-state index contributed by atoms with van der Waals surface area (Å²) in [5.41, 5.74) is 2.31. The van der Waals surface area contributed by atoms with Crippen molar-refractivity contribution in [3.63, 3.8) is 0 Å². The smallest absolute Gasteiger partial charge is 0.0833 e. The zero-order chi connectivity index (χ0) is 14.5. The van der Waals surface area contributed by atoms with Crippen LogP contribution in [0.4, 0.5) is 0 Å². The van der Waals surface area contributed by atoms with Crippen LogP contribution in [0.2, 0.25) is 0 Å². The van der Waals surface area contributed by atoms with Crippen molar-refractivity contribution < 1.29 is 5.11 Å². The van der Waals surface area contributed by atoms with Crippen LogP contribution >= 0.6 is 0 Å². The SMILES string of the molecule is OC(c1cccnc1)C1CCN(Cc2ccccc2)CC1. The van der Waals surface area contributed by atoms with Crippen LogP contribution in [0.1, 0.15) is 30.1 Å². The Morgan fingerprint density at radius 2 is 1.86 bits per heavy atom. The van der Waals surface area contributed by atoms with E-state index in [2.05, 4.69) is 40.2 Å². The maximum absolute atomic E-state index is 10.5. The van der Waals surface area contributed by atoms with E-state index in [1.807, 2.05) is 12.1 Å². The van der Waals surface area contributed by atoms with Crippen LogP contribution in [0.3, 0.4) is 0 Å². The molecule has 1 aromatic heterocycles. The molecule has 0 radical (unpaired) electrons. The summed E-state index contributed by atoms with van der Waals surface area (Å²) < 4.78 is 0. The molecule has 0 spiro atoms. The minimum absolute atomic E-state index is 0.348. The van der Waals surface area contributed by atoms with Crippen LogP contribution in [0.25, 0.3) is 0 Å². The third-order valence-electron chi connectivity index (χ3n) is 4.35. The highest BCUT2D eigenvalue weighted by Gasteiger charge is 2.26. The molecule has 110 valence electrons. The molecule has 1 aliphatic rings. The van der Waals surface area contributed by atoms with E-state index >= 15 is 0 Å². The molecule has 3 heteroatoms. The van der Waals surface area contributed by atoms with Crippen molar-refractivity contribution in [2.75, 3.05) is 13.1 Å². The van der Waals surface area contributed by atoms with Gasteiger partial charge in [0.15, 0.2) is 0 Å². The predicted octanol–water partition coefficient (Wildman–Crippen LogP) is 3.03. The van der Waals surface area contributed by atoms with Gasteiger partial charge in [-0.25, -0.2) is 0 Å². The largest absolute Gasteiger partial charge is 0.388 e. The van der Waals surface area contributed by atoms with Crippen molar-refractivity contribution in [3.8, 4) is 0 Å². The van der Waals surface area contributed by atoms with Crippen molar-refractivity contribution in [3.05, 3.63) is 66.0 Å². The zero-order valence-corrected chi connectivity index (χ0v) is 12.2. The average Bonchev–Trinajstić information content (AvgIpc) is 2.57. The molecule has 3 nitrogen and oxygen atoms in total. The van der Waals surface area contributed by atoms with Gasteiger partial charge in [-0.15, -0.1) is 0 Å². The molecule has 0 bridgehead atoms. The molecule has 1 unspecified atom stereocenters. The third-order valence-corrected chi connectivity index (χ3v) is 4.35. The number of aliphatic hydroxyl groups is 1. The van der Waals surface area contributed by atoms with Crippen molar-refractivity contribution in [2.24, 2.45) is 5.92 Å². The molecule has 1 N–H and O–H groups in total. The van der Waals surface area contributed by atoms with E-state index in [1.165, 1.54) is 5.56 Å². The summed E-state index contributed by atoms with van der Waals surface area (Å²) in [4.78, 5) is 6.57. The van der Waals surface area contributed by atoms with E-state index in [0.717, 1.165) is 38.0 Å². The predicted molar refractivity (Wildman–Crippen MR) is 83.6 cm³/mol. The molecule has 1 saturated heterocycles. The van der Waals surface area contributed by atoms with E-state index < -0.39 is 0 Å². The molecule has 0 amide bonds. The highest BCUT2D eigenvalue weighted by Crippen LogP contribution is 2.30. The molecule has 1 atom stereocenters. The topological polar surface area (TPSA) is 36.4 Å². The summed E-state index contributed by atoms with van der Waals surface area (Å²) in [6.07, 6.45) is 5.24. The first-order chi connectivity index (χ1) is 10.3. The van der Waals surface area contributed by atoms with E-state index in [-0.39, 0.29) is 6.10 Å². The number of benzene rings is 1. The number of nitrogens with zero attached hydrogens (tertiary/aromatic N) is 2. The summed E-state index contributed by atoms with van der Waals surface area (Å²) in [5.74, 6) is 0.348. The van der Waals surface area contributed by atoms with Gasteiger partial charge in [-0.05, 0) is 49.0 Å². The molecular formula is C18H22N2O. The molecule has 2 aromatic rings. The standard InChI is InChI=1S/C18H22N2O/c21-18(17-7-4-10-19-13-17)16-8-11-20(12-9-16)14-15-5-2-1-3-6-15/h1-7,10,13,16,18,21H,8-9,11-12,14H2. The Bertz CT molecular complexity index is 536. The minimum atomic E-state index is -0.377. The number of aliphatic hydroxyl groups excluding tert-OH is 1. The Balaban J connectivity index is 1.53. The summed E-state index contributed by atoms with van der Waals surface area (Å²) in [5, 5.41) is 10.5. The number of hydrogen-bond acceptors (Lipinski definition) is 3. The van der Waals surface area contributed by atoms with Gasteiger partial charge >= 0.3 is 0 Å². The highest BCUT2D eigenvalue weighted by atomic mass is 16.3. The van der Waals surface area contributed by atoms with Gasteiger partial charge in [-0.1, -0.05) is 36.4 Å². The van der Waals surface area contributed by atoms with Gasteiger partial charge in [0.25, 0.3) is 0 Å². The minimum Gasteiger partial charge on any atom is -0.388 e. The first-order valence-corrected chi connectivity index (χ1v) is 7.67. The van der Waals surface area contributed by atoms with Gasteiger partial charge in [-0.3, -0.25) is 9.88 Å². The first-order valence-electron chi connectivity index (χ1n) is 7.67. The molecule has 1 aliphatic heterocycles. The summed E-state index contributed by atoms with van der Waals surface area (Å²) >= 11 is 0. The van der Waals surface area contributed by atoms with Crippen LogP contribution < -0.4 is 0 Å². The highest BCUT2D eigenvalue weighted by molar-refractivity contribution is 5.15. The van der Waals surface area contributed by atoms with Crippen LogP contribution in [-0.4, -0.2) is 28.1 Å². The van der Waals surface area contributed by atoms with Crippen LogP contribution in [0.15, 0.2) is 54.9 Å². The van der Waals surface area contributed by atoms with E-state index in [4.69, 9.17) is 0 Å². The molecule has 3 rings (SSSR count). The molecule has 1 fully saturated rings. The van der Waals surface area contributed by atoms with Crippen LogP contribution in [0.5, 0.6) is 0 Å². The monoisotopic (exact) mass is 282 g/mol. The van der Waals surface area contributed by atoms with Gasteiger partial charge in [-0.2, -0.15) is 0 Å². The van der Waals surface area contributed by atoms with Gasteiger partial charge in [0.2, 0.25) is 0 Å². The molecule has 1 aromatic carbocycles. The molecule has 21 heavy (non-hydrogen) atoms. The number of rotatable bonds is 4. The second-order valence-electron chi connectivity index (χ2n) is 5.83. The molecule has 0 aliphatic carbocycles.